The zero-order chi connectivity index (χ0) is 17.3. The molecule has 2 aromatic rings. The molecule has 0 bridgehead atoms. The lowest BCUT2D eigenvalue weighted by molar-refractivity contribution is 0.0521. The smallest absolute Gasteiger partial charge is 0.253 e. The molecule has 0 radical (unpaired) electrons. The average molecular weight is 327 g/mol. The van der Waals surface area contributed by atoms with Crippen LogP contribution in [0.4, 0.5) is 0 Å². The standard InChI is InChI=1S/C19H25N3O2/c1-13-12-14(2)22(20-13)18-6-4-17(5-7-18)19(24)21-10-8-16(9-11-21)15(3)23/h4-7,12,15-16,23H,8-11H2,1-3H3/t15-/m0/s1. The number of nitrogens with zero attached hydrogens (tertiary/aromatic N) is 3. The zero-order valence-electron chi connectivity index (χ0n) is 14.6. The first-order valence-electron chi connectivity index (χ1n) is 8.57. The van der Waals surface area contributed by atoms with Crippen LogP contribution in [0.5, 0.6) is 0 Å². The van der Waals surface area contributed by atoms with Gasteiger partial charge in [0.15, 0.2) is 0 Å². The molecule has 1 fully saturated rings. The number of benzene rings is 1. The Morgan fingerprint density at radius 2 is 1.83 bits per heavy atom. The number of aryl methyl sites for hydroxylation is 2. The molecule has 1 aliphatic heterocycles. The van der Waals surface area contributed by atoms with E-state index in [1.807, 2.05) is 60.7 Å². The first-order chi connectivity index (χ1) is 11.5. The Balaban J connectivity index is 1.70. The van der Waals surface area contributed by atoms with Gasteiger partial charge in [-0.1, -0.05) is 0 Å². The predicted octanol–water partition coefficient (Wildman–Crippen LogP) is 2.72. The van der Waals surface area contributed by atoms with Gasteiger partial charge in [0.05, 0.1) is 17.5 Å². The van der Waals surface area contributed by atoms with Crippen molar-refractivity contribution in [2.24, 2.45) is 5.92 Å². The molecule has 1 N–H and O–H groups in total. The van der Waals surface area contributed by atoms with E-state index in [0.717, 1.165) is 29.9 Å². The summed E-state index contributed by atoms with van der Waals surface area (Å²) >= 11 is 0. The minimum atomic E-state index is -0.290. The molecule has 5 heteroatoms. The molecular formula is C19H25N3O2. The van der Waals surface area contributed by atoms with E-state index in [2.05, 4.69) is 5.10 Å². The number of hydrogen-bond donors (Lipinski definition) is 1. The summed E-state index contributed by atoms with van der Waals surface area (Å²) in [7, 11) is 0. The second kappa shape index (κ2) is 6.77. The molecule has 5 nitrogen and oxygen atoms in total. The van der Waals surface area contributed by atoms with Crippen LogP contribution in [0.3, 0.4) is 0 Å². The van der Waals surface area contributed by atoms with Gasteiger partial charge in [-0.3, -0.25) is 4.79 Å². The molecule has 2 heterocycles. The van der Waals surface area contributed by atoms with Crippen molar-refractivity contribution in [3.63, 3.8) is 0 Å². The van der Waals surface area contributed by atoms with Gasteiger partial charge in [0.1, 0.15) is 0 Å². The summed E-state index contributed by atoms with van der Waals surface area (Å²) in [5.74, 6) is 0.376. The maximum absolute atomic E-state index is 12.6. The van der Waals surface area contributed by atoms with Crippen molar-refractivity contribution in [2.75, 3.05) is 13.1 Å². The van der Waals surface area contributed by atoms with Gasteiger partial charge >= 0.3 is 0 Å². The SMILES string of the molecule is Cc1cc(C)n(-c2ccc(C(=O)N3CCC([C@H](C)O)CC3)cc2)n1. The molecule has 1 aliphatic rings. The maximum atomic E-state index is 12.6. The molecule has 1 atom stereocenters. The van der Waals surface area contributed by atoms with E-state index in [9.17, 15) is 9.90 Å². The van der Waals surface area contributed by atoms with Crippen molar-refractivity contribution in [3.8, 4) is 5.69 Å². The van der Waals surface area contributed by atoms with Crippen molar-refractivity contribution in [1.29, 1.82) is 0 Å². The Hall–Kier alpha value is -2.14. The third-order valence-electron chi connectivity index (χ3n) is 4.88. The summed E-state index contributed by atoms with van der Waals surface area (Å²) in [4.78, 5) is 14.5. The number of aliphatic hydroxyl groups is 1. The topological polar surface area (TPSA) is 58.4 Å². The fourth-order valence-electron chi connectivity index (χ4n) is 3.40. The Kier molecular flexibility index (Phi) is 4.71. The fourth-order valence-corrected chi connectivity index (χ4v) is 3.40. The van der Waals surface area contributed by atoms with Crippen molar-refractivity contribution in [1.82, 2.24) is 14.7 Å². The molecule has 1 saturated heterocycles. The van der Waals surface area contributed by atoms with E-state index in [4.69, 9.17) is 0 Å². The van der Waals surface area contributed by atoms with Crippen LogP contribution >= 0.6 is 0 Å². The van der Waals surface area contributed by atoms with Crippen LogP contribution in [-0.4, -0.2) is 44.9 Å². The summed E-state index contributed by atoms with van der Waals surface area (Å²) in [6, 6.07) is 9.65. The van der Waals surface area contributed by atoms with Gasteiger partial charge in [-0.05, 0) is 69.9 Å². The van der Waals surface area contributed by atoms with Crippen LogP contribution in [0.1, 0.15) is 41.5 Å². The number of hydrogen-bond acceptors (Lipinski definition) is 3. The predicted molar refractivity (Wildman–Crippen MR) is 93.3 cm³/mol. The third-order valence-corrected chi connectivity index (χ3v) is 4.88. The highest BCUT2D eigenvalue weighted by Gasteiger charge is 2.26. The molecule has 128 valence electrons. The van der Waals surface area contributed by atoms with Gasteiger partial charge in [0.25, 0.3) is 5.91 Å². The van der Waals surface area contributed by atoms with Gasteiger partial charge in [-0.25, -0.2) is 4.68 Å². The Bertz CT molecular complexity index is 711. The molecule has 0 saturated carbocycles. The van der Waals surface area contributed by atoms with E-state index >= 15 is 0 Å². The summed E-state index contributed by atoms with van der Waals surface area (Å²) in [6.07, 6.45) is 1.45. The minimum absolute atomic E-state index is 0.0685. The number of likely N-dealkylation sites (tertiary alicyclic amines) is 1. The van der Waals surface area contributed by atoms with Crippen molar-refractivity contribution in [2.45, 2.75) is 39.7 Å². The summed E-state index contributed by atoms with van der Waals surface area (Å²) < 4.78 is 1.89. The van der Waals surface area contributed by atoms with E-state index in [1.165, 1.54) is 0 Å². The number of carbonyl (C=O) groups excluding carboxylic acids is 1. The number of piperidine rings is 1. The molecule has 0 aliphatic carbocycles. The zero-order valence-corrected chi connectivity index (χ0v) is 14.6. The van der Waals surface area contributed by atoms with Crippen LogP contribution in [0, 0.1) is 19.8 Å². The molecular weight excluding hydrogens is 302 g/mol. The number of rotatable bonds is 3. The van der Waals surface area contributed by atoms with Gasteiger partial charge in [-0.2, -0.15) is 5.10 Å². The largest absolute Gasteiger partial charge is 0.393 e. The molecule has 3 rings (SSSR count). The van der Waals surface area contributed by atoms with E-state index < -0.39 is 0 Å². The second-order valence-corrected chi connectivity index (χ2v) is 6.76. The Morgan fingerprint density at radius 3 is 2.33 bits per heavy atom. The molecule has 1 aromatic carbocycles. The molecule has 0 unspecified atom stereocenters. The molecule has 0 spiro atoms. The average Bonchev–Trinajstić information content (AvgIpc) is 2.93. The van der Waals surface area contributed by atoms with Crippen molar-refractivity contribution in [3.05, 3.63) is 47.3 Å². The van der Waals surface area contributed by atoms with Crippen LogP contribution in [0.15, 0.2) is 30.3 Å². The third kappa shape index (κ3) is 3.36. The number of aromatic nitrogens is 2. The highest BCUT2D eigenvalue weighted by Crippen LogP contribution is 2.22. The normalized spacial score (nSPS) is 17.1. The Labute approximate surface area is 142 Å². The number of aliphatic hydroxyl groups excluding tert-OH is 1. The lowest BCUT2D eigenvalue weighted by atomic mass is 9.92. The highest BCUT2D eigenvalue weighted by molar-refractivity contribution is 5.94. The lowest BCUT2D eigenvalue weighted by Crippen LogP contribution is -2.40. The van der Waals surface area contributed by atoms with E-state index in [-0.39, 0.29) is 12.0 Å². The molecule has 1 amide bonds. The maximum Gasteiger partial charge on any atom is 0.253 e. The first-order valence-corrected chi connectivity index (χ1v) is 8.57. The van der Waals surface area contributed by atoms with Gasteiger partial charge < -0.3 is 10.0 Å². The minimum Gasteiger partial charge on any atom is -0.393 e. The van der Waals surface area contributed by atoms with Crippen LogP contribution in [0.25, 0.3) is 5.69 Å². The van der Waals surface area contributed by atoms with Crippen LogP contribution in [0.2, 0.25) is 0 Å². The van der Waals surface area contributed by atoms with Gasteiger partial charge in [-0.15, -0.1) is 0 Å². The quantitative estimate of drug-likeness (QED) is 0.943. The Morgan fingerprint density at radius 1 is 1.21 bits per heavy atom. The number of carbonyl (C=O) groups is 1. The second-order valence-electron chi connectivity index (χ2n) is 6.76. The number of amides is 1. The summed E-state index contributed by atoms with van der Waals surface area (Å²) in [5, 5.41) is 14.1. The van der Waals surface area contributed by atoms with Crippen LogP contribution < -0.4 is 0 Å². The van der Waals surface area contributed by atoms with E-state index in [0.29, 0.717) is 24.6 Å². The lowest BCUT2D eigenvalue weighted by Gasteiger charge is -2.33. The van der Waals surface area contributed by atoms with Gasteiger partial charge in [0, 0.05) is 24.3 Å². The monoisotopic (exact) mass is 327 g/mol. The summed E-state index contributed by atoms with van der Waals surface area (Å²) in [6.45, 7) is 7.25. The highest BCUT2D eigenvalue weighted by atomic mass is 16.3. The first kappa shape index (κ1) is 16.7. The van der Waals surface area contributed by atoms with Gasteiger partial charge in [0.2, 0.25) is 0 Å². The van der Waals surface area contributed by atoms with Crippen LogP contribution in [-0.2, 0) is 0 Å². The van der Waals surface area contributed by atoms with Crippen molar-refractivity contribution >= 4 is 5.91 Å². The van der Waals surface area contributed by atoms with E-state index in [1.54, 1.807) is 0 Å². The van der Waals surface area contributed by atoms with Crippen molar-refractivity contribution < 1.29 is 9.90 Å². The molecule has 24 heavy (non-hydrogen) atoms. The summed E-state index contributed by atoms with van der Waals surface area (Å²) in [5.41, 5.74) is 3.72. The molecule has 1 aromatic heterocycles. The fraction of sp³-hybridized carbons (Fsp3) is 0.474.